The Bertz CT molecular complexity index is 1040. The molecule has 3 aromatic rings. The second-order valence-electron chi connectivity index (χ2n) is 7.12. The molecule has 0 saturated carbocycles. The number of carbonyl (C=O) groups excluding carboxylic acids is 1. The molecular formula is C21H27N5O2. The lowest BCUT2D eigenvalue weighted by atomic mass is 10.1. The zero-order valence-corrected chi connectivity index (χ0v) is 16.9. The molecule has 148 valence electrons. The smallest absolute Gasteiger partial charge is 0.320 e. The van der Waals surface area contributed by atoms with Crippen LogP contribution in [0.15, 0.2) is 41.5 Å². The third-order valence-corrected chi connectivity index (χ3v) is 5.02. The molecule has 3 rings (SSSR count). The van der Waals surface area contributed by atoms with Gasteiger partial charge in [0.25, 0.3) is 0 Å². The van der Waals surface area contributed by atoms with Crippen LogP contribution in [0.25, 0.3) is 11.0 Å². The summed E-state index contributed by atoms with van der Waals surface area (Å²) in [6, 6.07) is 7.49. The molecule has 0 saturated heterocycles. The monoisotopic (exact) mass is 381 g/mol. The van der Waals surface area contributed by atoms with Gasteiger partial charge in [0.2, 0.25) is 0 Å². The van der Waals surface area contributed by atoms with Crippen molar-refractivity contribution in [1.82, 2.24) is 19.0 Å². The fourth-order valence-corrected chi connectivity index (χ4v) is 3.29. The Morgan fingerprint density at radius 2 is 1.93 bits per heavy atom. The van der Waals surface area contributed by atoms with E-state index in [0.29, 0.717) is 18.8 Å². The standard InChI is InChI=1S/C21H27N5O2/c1-5-6-10-26(14-16-8-7-9-22-13-16)20(27)23-17-12-19-18(11-15(17)2)24(3)21(28)25(19)4/h7-9,11-13H,5-6,10,14H2,1-4H3,(H,23,27). The van der Waals surface area contributed by atoms with Crippen molar-refractivity contribution >= 4 is 22.8 Å². The molecule has 2 heterocycles. The summed E-state index contributed by atoms with van der Waals surface area (Å²) in [6.45, 7) is 5.21. The quantitative estimate of drug-likeness (QED) is 0.711. The number of nitrogens with one attached hydrogen (secondary N) is 1. The van der Waals surface area contributed by atoms with E-state index in [9.17, 15) is 9.59 Å². The molecule has 0 spiro atoms. The number of pyridine rings is 1. The van der Waals surface area contributed by atoms with Gasteiger partial charge in [0, 0.05) is 45.3 Å². The van der Waals surface area contributed by atoms with Gasteiger partial charge in [0.1, 0.15) is 0 Å². The number of anilines is 1. The summed E-state index contributed by atoms with van der Waals surface area (Å²) < 4.78 is 3.21. The summed E-state index contributed by atoms with van der Waals surface area (Å²) in [5.41, 5.74) is 4.18. The van der Waals surface area contributed by atoms with Crippen LogP contribution in [0.1, 0.15) is 30.9 Å². The first-order chi connectivity index (χ1) is 13.4. The number of hydrogen-bond acceptors (Lipinski definition) is 3. The molecule has 2 aromatic heterocycles. The first kappa shape index (κ1) is 19.7. The van der Waals surface area contributed by atoms with Gasteiger partial charge in [-0.1, -0.05) is 19.4 Å². The predicted octanol–water partition coefficient (Wildman–Crippen LogP) is 3.41. The maximum Gasteiger partial charge on any atom is 0.328 e. The highest BCUT2D eigenvalue weighted by atomic mass is 16.2. The maximum absolute atomic E-state index is 13.0. The van der Waals surface area contributed by atoms with Gasteiger partial charge in [-0.3, -0.25) is 14.1 Å². The number of fused-ring (bicyclic) bond motifs is 1. The molecule has 0 bridgehead atoms. The number of rotatable bonds is 6. The number of imidazole rings is 1. The van der Waals surface area contributed by atoms with Gasteiger partial charge in [0.05, 0.1) is 11.0 Å². The molecule has 0 atom stereocenters. The predicted molar refractivity (Wildman–Crippen MR) is 111 cm³/mol. The normalized spacial score (nSPS) is 11.0. The van der Waals surface area contributed by atoms with Gasteiger partial charge >= 0.3 is 11.7 Å². The molecule has 0 aliphatic rings. The number of carbonyl (C=O) groups is 1. The highest BCUT2D eigenvalue weighted by Crippen LogP contribution is 2.23. The second kappa shape index (κ2) is 8.29. The Kier molecular flexibility index (Phi) is 5.82. The molecule has 0 fully saturated rings. The first-order valence-corrected chi connectivity index (χ1v) is 9.53. The first-order valence-electron chi connectivity index (χ1n) is 9.53. The topological polar surface area (TPSA) is 72.2 Å². The largest absolute Gasteiger partial charge is 0.328 e. The van der Waals surface area contributed by atoms with Gasteiger partial charge < -0.3 is 10.2 Å². The Balaban J connectivity index is 1.87. The van der Waals surface area contributed by atoms with Gasteiger partial charge in [-0.05, 0) is 42.7 Å². The minimum Gasteiger partial charge on any atom is -0.320 e. The average Bonchev–Trinajstić information content (AvgIpc) is 2.90. The van der Waals surface area contributed by atoms with E-state index >= 15 is 0 Å². The minimum atomic E-state index is -0.152. The van der Waals surface area contributed by atoms with E-state index in [-0.39, 0.29) is 11.7 Å². The van der Waals surface area contributed by atoms with Crippen LogP contribution < -0.4 is 11.0 Å². The van der Waals surface area contributed by atoms with Crippen LogP contribution in [0, 0.1) is 6.92 Å². The molecule has 0 aliphatic carbocycles. The van der Waals surface area contributed by atoms with Crippen molar-refractivity contribution in [2.24, 2.45) is 14.1 Å². The lowest BCUT2D eigenvalue weighted by Gasteiger charge is -2.23. The number of aryl methyl sites for hydroxylation is 3. The van der Waals surface area contributed by atoms with E-state index < -0.39 is 0 Å². The van der Waals surface area contributed by atoms with Crippen molar-refractivity contribution in [2.75, 3.05) is 11.9 Å². The number of benzene rings is 1. The third-order valence-electron chi connectivity index (χ3n) is 5.02. The molecule has 28 heavy (non-hydrogen) atoms. The van der Waals surface area contributed by atoms with Crippen LogP contribution in [0.4, 0.5) is 10.5 Å². The second-order valence-corrected chi connectivity index (χ2v) is 7.12. The Hall–Kier alpha value is -3.09. The van der Waals surface area contributed by atoms with Crippen LogP contribution in [0.2, 0.25) is 0 Å². The summed E-state index contributed by atoms with van der Waals surface area (Å²) in [7, 11) is 3.49. The fourth-order valence-electron chi connectivity index (χ4n) is 3.29. The summed E-state index contributed by atoms with van der Waals surface area (Å²) >= 11 is 0. The summed E-state index contributed by atoms with van der Waals surface area (Å²) in [5.74, 6) is 0. The zero-order valence-electron chi connectivity index (χ0n) is 16.9. The van der Waals surface area contributed by atoms with Gasteiger partial charge in [-0.25, -0.2) is 9.59 Å². The van der Waals surface area contributed by atoms with Crippen LogP contribution in [-0.4, -0.2) is 31.6 Å². The Labute approximate surface area is 164 Å². The van der Waals surface area contributed by atoms with Crippen LogP contribution in [0.5, 0.6) is 0 Å². The third kappa shape index (κ3) is 3.93. The van der Waals surface area contributed by atoms with Crippen LogP contribution >= 0.6 is 0 Å². The molecule has 1 aromatic carbocycles. The molecule has 0 radical (unpaired) electrons. The number of hydrogen-bond donors (Lipinski definition) is 1. The Morgan fingerprint density at radius 3 is 2.57 bits per heavy atom. The summed E-state index contributed by atoms with van der Waals surface area (Å²) in [4.78, 5) is 31.1. The van der Waals surface area contributed by atoms with E-state index in [1.54, 1.807) is 40.5 Å². The van der Waals surface area contributed by atoms with Gasteiger partial charge in [-0.15, -0.1) is 0 Å². The number of nitrogens with zero attached hydrogens (tertiary/aromatic N) is 4. The van der Waals surface area contributed by atoms with E-state index in [4.69, 9.17) is 0 Å². The minimum absolute atomic E-state index is 0.0842. The number of unbranched alkanes of at least 4 members (excludes halogenated alkanes) is 1. The van der Waals surface area contributed by atoms with Crippen molar-refractivity contribution in [1.29, 1.82) is 0 Å². The molecule has 0 aliphatic heterocycles. The summed E-state index contributed by atoms with van der Waals surface area (Å²) in [6.07, 6.45) is 5.44. The maximum atomic E-state index is 13.0. The van der Waals surface area contributed by atoms with E-state index in [0.717, 1.165) is 35.0 Å². The van der Waals surface area contributed by atoms with Crippen LogP contribution in [-0.2, 0) is 20.6 Å². The molecule has 7 heteroatoms. The molecule has 7 nitrogen and oxygen atoms in total. The lowest BCUT2D eigenvalue weighted by molar-refractivity contribution is 0.208. The average molecular weight is 381 g/mol. The van der Waals surface area contributed by atoms with Crippen molar-refractivity contribution in [3.8, 4) is 0 Å². The zero-order chi connectivity index (χ0) is 20.3. The van der Waals surface area contributed by atoms with Gasteiger partial charge in [-0.2, -0.15) is 0 Å². The fraction of sp³-hybridized carbons (Fsp3) is 0.381. The van der Waals surface area contributed by atoms with E-state index in [1.165, 1.54) is 0 Å². The Morgan fingerprint density at radius 1 is 1.21 bits per heavy atom. The molecule has 2 amide bonds. The highest BCUT2D eigenvalue weighted by molar-refractivity contribution is 5.93. The molecular weight excluding hydrogens is 354 g/mol. The van der Waals surface area contributed by atoms with Crippen LogP contribution in [0.3, 0.4) is 0 Å². The van der Waals surface area contributed by atoms with Crippen molar-refractivity contribution in [3.05, 3.63) is 58.3 Å². The van der Waals surface area contributed by atoms with Crippen molar-refractivity contribution < 1.29 is 4.79 Å². The van der Waals surface area contributed by atoms with Crippen molar-refractivity contribution in [2.45, 2.75) is 33.2 Å². The molecule has 0 unspecified atom stereocenters. The summed E-state index contributed by atoms with van der Waals surface area (Å²) in [5, 5.41) is 3.03. The van der Waals surface area contributed by atoms with Gasteiger partial charge in [0.15, 0.2) is 0 Å². The number of amides is 2. The number of urea groups is 1. The van der Waals surface area contributed by atoms with E-state index in [2.05, 4.69) is 17.2 Å². The lowest BCUT2D eigenvalue weighted by Crippen LogP contribution is -2.35. The molecule has 1 N–H and O–H groups in total. The van der Waals surface area contributed by atoms with Crippen molar-refractivity contribution in [3.63, 3.8) is 0 Å². The SMILES string of the molecule is CCCCN(Cc1cccnc1)C(=O)Nc1cc2c(cc1C)n(C)c(=O)n2C. The van der Waals surface area contributed by atoms with E-state index in [1.807, 2.05) is 31.2 Å². The highest BCUT2D eigenvalue weighted by Gasteiger charge is 2.17. The number of aromatic nitrogens is 3.